The summed E-state index contributed by atoms with van der Waals surface area (Å²) in [6.45, 7) is 5.16. The van der Waals surface area contributed by atoms with Crippen molar-refractivity contribution in [3.63, 3.8) is 0 Å². The number of fused-ring (bicyclic) bond motifs is 4. The quantitative estimate of drug-likeness (QED) is 0.770. The first kappa shape index (κ1) is 17.6. The molecule has 26 heavy (non-hydrogen) atoms. The Morgan fingerprint density at radius 1 is 1.31 bits per heavy atom. The lowest BCUT2D eigenvalue weighted by Crippen LogP contribution is -2.51. The highest BCUT2D eigenvalue weighted by molar-refractivity contribution is 6.28. The predicted octanol–water partition coefficient (Wildman–Crippen LogP) is 4.04. The second-order valence-corrected chi connectivity index (χ2v) is 8.49. The Balaban J connectivity index is 1.70. The standard InChI is InChI=1S/C19H25ClN4O2/c1-10(2)9-24-8-7-13-16(22-19(20)23-17(13)24)21-15-12-5-3-11(4-6-12)14(15)18(25)26/h7-8,10-12,14-15H,3-6,9H2,1-2H3,(H,25,26)(H,21,22,23). The number of rotatable bonds is 5. The molecule has 2 heterocycles. The van der Waals surface area contributed by atoms with E-state index in [1.807, 2.05) is 12.3 Å². The van der Waals surface area contributed by atoms with Gasteiger partial charge in [0.25, 0.3) is 0 Å². The fourth-order valence-corrected chi connectivity index (χ4v) is 5.02. The van der Waals surface area contributed by atoms with Gasteiger partial charge in [-0.2, -0.15) is 4.98 Å². The maximum atomic E-state index is 11.9. The molecule has 2 N–H and O–H groups in total. The third-order valence-electron chi connectivity index (χ3n) is 5.96. The van der Waals surface area contributed by atoms with Crippen LogP contribution in [0.25, 0.3) is 11.0 Å². The van der Waals surface area contributed by atoms with E-state index in [1.165, 1.54) is 0 Å². The van der Waals surface area contributed by atoms with E-state index in [-0.39, 0.29) is 23.2 Å². The van der Waals surface area contributed by atoms with Crippen LogP contribution in [-0.2, 0) is 11.3 Å². The number of aromatic nitrogens is 3. The van der Waals surface area contributed by atoms with Gasteiger partial charge in [0, 0.05) is 18.8 Å². The van der Waals surface area contributed by atoms with Crippen molar-refractivity contribution in [3.8, 4) is 0 Å². The van der Waals surface area contributed by atoms with Gasteiger partial charge in [0.1, 0.15) is 11.5 Å². The van der Waals surface area contributed by atoms with Gasteiger partial charge < -0.3 is 15.0 Å². The predicted molar refractivity (Wildman–Crippen MR) is 101 cm³/mol. The summed E-state index contributed by atoms with van der Waals surface area (Å²) in [6, 6.07) is 1.90. The zero-order chi connectivity index (χ0) is 18.4. The summed E-state index contributed by atoms with van der Waals surface area (Å²) in [4.78, 5) is 20.7. The van der Waals surface area contributed by atoms with E-state index in [2.05, 4.69) is 33.7 Å². The maximum absolute atomic E-state index is 11.9. The van der Waals surface area contributed by atoms with Crippen molar-refractivity contribution in [1.29, 1.82) is 0 Å². The van der Waals surface area contributed by atoms with E-state index in [9.17, 15) is 9.90 Å². The third-order valence-corrected chi connectivity index (χ3v) is 6.13. The molecule has 2 aromatic heterocycles. The number of hydrogen-bond donors (Lipinski definition) is 2. The molecule has 0 radical (unpaired) electrons. The first-order valence-corrected chi connectivity index (χ1v) is 9.83. The van der Waals surface area contributed by atoms with E-state index >= 15 is 0 Å². The van der Waals surface area contributed by atoms with Gasteiger partial charge in [-0.15, -0.1) is 0 Å². The van der Waals surface area contributed by atoms with Crippen molar-refractivity contribution in [2.45, 2.75) is 52.1 Å². The van der Waals surface area contributed by atoms with Crippen LogP contribution in [0.2, 0.25) is 5.28 Å². The van der Waals surface area contributed by atoms with Gasteiger partial charge in [0.2, 0.25) is 5.28 Å². The van der Waals surface area contributed by atoms with Crippen LogP contribution in [0.5, 0.6) is 0 Å². The van der Waals surface area contributed by atoms with Crippen LogP contribution in [-0.4, -0.2) is 31.7 Å². The molecule has 0 saturated heterocycles. The van der Waals surface area contributed by atoms with Crippen LogP contribution in [0.15, 0.2) is 12.3 Å². The highest BCUT2D eigenvalue weighted by Gasteiger charge is 2.47. The first-order valence-electron chi connectivity index (χ1n) is 9.45. The van der Waals surface area contributed by atoms with E-state index in [1.54, 1.807) is 0 Å². The van der Waals surface area contributed by atoms with E-state index in [4.69, 9.17) is 11.6 Å². The van der Waals surface area contributed by atoms with Crippen molar-refractivity contribution in [2.75, 3.05) is 5.32 Å². The number of anilines is 1. The average molecular weight is 377 g/mol. The van der Waals surface area contributed by atoms with Crippen LogP contribution < -0.4 is 5.32 Å². The molecule has 7 heteroatoms. The zero-order valence-electron chi connectivity index (χ0n) is 15.2. The fraction of sp³-hybridized carbons (Fsp3) is 0.632. The van der Waals surface area contributed by atoms with Crippen molar-refractivity contribution < 1.29 is 9.90 Å². The van der Waals surface area contributed by atoms with Crippen LogP contribution in [0, 0.1) is 23.7 Å². The number of carboxylic acids is 1. The lowest BCUT2D eigenvalue weighted by Gasteiger charge is -2.47. The molecule has 0 spiro atoms. The molecule has 3 aliphatic carbocycles. The zero-order valence-corrected chi connectivity index (χ0v) is 15.9. The lowest BCUT2D eigenvalue weighted by molar-refractivity contribution is -0.148. The average Bonchev–Trinajstić information content (AvgIpc) is 2.97. The molecule has 0 amide bonds. The second kappa shape index (κ2) is 6.72. The van der Waals surface area contributed by atoms with E-state index in [0.29, 0.717) is 17.7 Å². The molecule has 0 aliphatic heterocycles. The Labute approximate surface area is 158 Å². The molecule has 2 unspecified atom stereocenters. The molecule has 3 saturated carbocycles. The molecule has 2 aromatic rings. The van der Waals surface area contributed by atoms with E-state index < -0.39 is 5.97 Å². The molecule has 2 bridgehead atoms. The Morgan fingerprint density at radius 2 is 2.00 bits per heavy atom. The number of halogens is 1. The van der Waals surface area contributed by atoms with E-state index in [0.717, 1.165) is 43.3 Å². The van der Waals surface area contributed by atoms with Gasteiger partial charge >= 0.3 is 5.97 Å². The number of nitrogens with one attached hydrogen (secondary N) is 1. The monoisotopic (exact) mass is 376 g/mol. The minimum atomic E-state index is -0.703. The molecule has 6 nitrogen and oxygen atoms in total. The Bertz CT molecular complexity index is 826. The Kier molecular flexibility index (Phi) is 4.55. The highest BCUT2D eigenvalue weighted by Crippen LogP contribution is 2.46. The minimum Gasteiger partial charge on any atom is -0.481 e. The van der Waals surface area contributed by atoms with Gasteiger partial charge in [-0.1, -0.05) is 13.8 Å². The van der Waals surface area contributed by atoms with Crippen molar-refractivity contribution in [1.82, 2.24) is 14.5 Å². The number of nitrogens with zero attached hydrogens (tertiary/aromatic N) is 3. The third kappa shape index (κ3) is 3.04. The molecule has 2 atom stereocenters. The second-order valence-electron chi connectivity index (χ2n) is 8.15. The molecule has 3 fully saturated rings. The van der Waals surface area contributed by atoms with Crippen LogP contribution in [0.4, 0.5) is 5.82 Å². The van der Waals surface area contributed by atoms with Crippen molar-refractivity contribution in [2.24, 2.45) is 23.7 Å². The van der Waals surface area contributed by atoms with Gasteiger partial charge in [-0.3, -0.25) is 4.79 Å². The van der Waals surface area contributed by atoms with Crippen LogP contribution >= 0.6 is 11.6 Å². The van der Waals surface area contributed by atoms with Gasteiger partial charge in [0.15, 0.2) is 0 Å². The highest BCUT2D eigenvalue weighted by atomic mass is 35.5. The summed E-state index contributed by atoms with van der Waals surface area (Å²) >= 11 is 6.19. The van der Waals surface area contributed by atoms with Crippen molar-refractivity contribution >= 4 is 34.4 Å². The number of aliphatic carboxylic acids is 1. The molecular weight excluding hydrogens is 352 g/mol. The summed E-state index contributed by atoms with van der Waals surface area (Å²) in [6.07, 6.45) is 6.21. The summed E-state index contributed by atoms with van der Waals surface area (Å²) in [5.41, 5.74) is 0.800. The largest absolute Gasteiger partial charge is 0.481 e. The van der Waals surface area contributed by atoms with Crippen LogP contribution in [0.1, 0.15) is 39.5 Å². The number of carboxylic acid groups (broad SMARTS) is 1. The smallest absolute Gasteiger partial charge is 0.308 e. The lowest BCUT2D eigenvalue weighted by atomic mass is 9.61. The number of carbonyl (C=O) groups is 1. The van der Waals surface area contributed by atoms with Gasteiger partial charge in [-0.25, -0.2) is 4.98 Å². The van der Waals surface area contributed by atoms with Crippen molar-refractivity contribution in [3.05, 3.63) is 17.5 Å². The summed E-state index contributed by atoms with van der Waals surface area (Å²) in [7, 11) is 0. The normalized spacial score (nSPS) is 28.0. The summed E-state index contributed by atoms with van der Waals surface area (Å²) in [5.74, 6) is 0.721. The van der Waals surface area contributed by atoms with Gasteiger partial charge in [0.05, 0.1) is 11.3 Å². The van der Waals surface area contributed by atoms with Gasteiger partial charge in [-0.05, 0) is 61.1 Å². The maximum Gasteiger partial charge on any atom is 0.308 e. The molecule has 5 rings (SSSR count). The molecular formula is C19H25ClN4O2. The van der Waals surface area contributed by atoms with Crippen LogP contribution in [0.3, 0.4) is 0 Å². The topological polar surface area (TPSA) is 80.0 Å². The minimum absolute atomic E-state index is 0.0948. The molecule has 0 aromatic carbocycles. The summed E-state index contributed by atoms with van der Waals surface area (Å²) < 4.78 is 2.08. The summed E-state index contributed by atoms with van der Waals surface area (Å²) in [5, 5.41) is 14.3. The molecule has 140 valence electrons. The Hall–Kier alpha value is -1.82. The fourth-order valence-electron chi connectivity index (χ4n) is 4.86. The first-order chi connectivity index (χ1) is 12.4. The SMILES string of the molecule is CC(C)Cn1ccc2c(NC3C4CCC(CC4)C3C(=O)O)nc(Cl)nc21. The Morgan fingerprint density at radius 3 is 2.65 bits per heavy atom. The molecule has 3 aliphatic rings. The number of hydrogen-bond acceptors (Lipinski definition) is 4.